The molecular formula is C25H26N4O4S. The standard InChI is InChI=1S/C25H26N4O4S/c1-29(2)20(17-7-4-3-5-8-17)14-27-24(31)19-9-6-12-26-25(19)34-15-23(30)28-18-10-11-21-22(13-18)33-16-32-21/h3-13,20H,14-16H2,1-2H3,(H,27,31)(H,28,30)/t20-/m1/s1. The lowest BCUT2D eigenvalue weighted by Gasteiger charge is -2.25. The highest BCUT2D eigenvalue weighted by Gasteiger charge is 2.19. The van der Waals surface area contributed by atoms with Crippen molar-refractivity contribution >= 4 is 29.3 Å². The number of carbonyl (C=O) groups excluding carboxylic acids is 2. The van der Waals surface area contributed by atoms with Crippen molar-refractivity contribution in [2.24, 2.45) is 0 Å². The number of thioether (sulfide) groups is 1. The van der Waals surface area contributed by atoms with E-state index in [2.05, 4.69) is 20.5 Å². The van der Waals surface area contributed by atoms with Gasteiger partial charge in [0.15, 0.2) is 11.5 Å². The summed E-state index contributed by atoms with van der Waals surface area (Å²) in [6.07, 6.45) is 1.61. The summed E-state index contributed by atoms with van der Waals surface area (Å²) in [5, 5.41) is 6.34. The van der Waals surface area contributed by atoms with Crippen molar-refractivity contribution in [3.05, 3.63) is 78.0 Å². The molecule has 2 N–H and O–H groups in total. The molecule has 34 heavy (non-hydrogen) atoms. The van der Waals surface area contributed by atoms with Gasteiger partial charge in [-0.2, -0.15) is 0 Å². The summed E-state index contributed by atoms with van der Waals surface area (Å²) >= 11 is 1.21. The molecular weight excluding hydrogens is 452 g/mol. The Hall–Kier alpha value is -3.56. The first-order valence-corrected chi connectivity index (χ1v) is 11.8. The number of nitrogens with zero attached hydrogens (tertiary/aromatic N) is 2. The molecule has 0 aliphatic carbocycles. The fourth-order valence-corrected chi connectivity index (χ4v) is 4.33. The van der Waals surface area contributed by atoms with Crippen LogP contribution in [0.5, 0.6) is 11.5 Å². The largest absolute Gasteiger partial charge is 0.454 e. The second-order valence-corrected chi connectivity index (χ2v) is 8.83. The Morgan fingerprint density at radius 1 is 1.06 bits per heavy atom. The van der Waals surface area contributed by atoms with Crippen molar-refractivity contribution < 1.29 is 19.1 Å². The van der Waals surface area contributed by atoms with E-state index in [9.17, 15) is 9.59 Å². The number of hydrogen-bond acceptors (Lipinski definition) is 7. The van der Waals surface area contributed by atoms with Gasteiger partial charge in [0.2, 0.25) is 12.7 Å². The van der Waals surface area contributed by atoms with Gasteiger partial charge in [0.05, 0.1) is 17.4 Å². The van der Waals surface area contributed by atoms with Gasteiger partial charge in [-0.1, -0.05) is 42.1 Å². The number of aromatic nitrogens is 1. The number of pyridine rings is 1. The summed E-state index contributed by atoms with van der Waals surface area (Å²) in [6, 6.07) is 18.7. The van der Waals surface area contributed by atoms with E-state index in [1.807, 2.05) is 44.4 Å². The molecule has 1 atom stereocenters. The lowest BCUT2D eigenvalue weighted by atomic mass is 10.1. The van der Waals surface area contributed by atoms with Crippen molar-refractivity contribution in [2.75, 3.05) is 38.5 Å². The molecule has 2 amide bonds. The second-order valence-electron chi connectivity index (χ2n) is 7.86. The topological polar surface area (TPSA) is 92.8 Å². The number of ether oxygens (including phenoxy) is 2. The van der Waals surface area contributed by atoms with Crippen LogP contribution in [0.2, 0.25) is 0 Å². The van der Waals surface area contributed by atoms with Crippen LogP contribution in [0.1, 0.15) is 22.0 Å². The van der Waals surface area contributed by atoms with E-state index in [1.165, 1.54) is 11.8 Å². The number of fused-ring (bicyclic) bond motifs is 1. The summed E-state index contributed by atoms with van der Waals surface area (Å²) in [5.41, 5.74) is 2.17. The maximum absolute atomic E-state index is 13.0. The number of hydrogen-bond donors (Lipinski definition) is 2. The quantitative estimate of drug-likeness (QED) is 0.454. The monoisotopic (exact) mass is 478 g/mol. The van der Waals surface area contributed by atoms with Gasteiger partial charge < -0.3 is 25.0 Å². The van der Waals surface area contributed by atoms with E-state index in [4.69, 9.17) is 9.47 Å². The van der Waals surface area contributed by atoms with Gasteiger partial charge in [-0.25, -0.2) is 4.98 Å². The van der Waals surface area contributed by atoms with Crippen molar-refractivity contribution in [3.63, 3.8) is 0 Å². The Balaban J connectivity index is 1.35. The molecule has 9 heteroatoms. The SMILES string of the molecule is CN(C)[C@H](CNC(=O)c1cccnc1SCC(=O)Nc1ccc2c(c1)OCO2)c1ccccc1. The smallest absolute Gasteiger partial charge is 0.254 e. The van der Waals surface area contributed by atoms with E-state index in [0.717, 1.165) is 5.56 Å². The Morgan fingerprint density at radius 3 is 2.65 bits per heavy atom. The molecule has 176 valence electrons. The van der Waals surface area contributed by atoms with Crippen LogP contribution in [0, 0.1) is 0 Å². The number of benzene rings is 2. The number of carbonyl (C=O) groups is 2. The molecule has 0 saturated heterocycles. The van der Waals surface area contributed by atoms with E-state index in [1.54, 1.807) is 36.5 Å². The lowest BCUT2D eigenvalue weighted by Crippen LogP contribution is -2.34. The molecule has 0 radical (unpaired) electrons. The Bertz CT molecular complexity index is 1160. The van der Waals surface area contributed by atoms with Crippen LogP contribution in [-0.2, 0) is 4.79 Å². The normalized spacial score (nSPS) is 12.9. The fourth-order valence-electron chi connectivity index (χ4n) is 3.54. The zero-order valence-corrected chi connectivity index (χ0v) is 19.8. The predicted molar refractivity (Wildman–Crippen MR) is 131 cm³/mol. The minimum Gasteiger partial charge on any atom is -0.454 e. The molecule has 0 saturated carbocycles. The van der Waals surface area contributed by atoms with E-state index >= 15 is 0 Å². The molecule has 1 aliphatic heterocycles. The number of amides is 2. The van der Waals surface area contributed by atoms with Crippen LogP contribution in [0.4, 0.5) is 5.69 Å². The minimum absolute atomic E-state index is 0.0328. The van der Waals surface area contributed by atoms with Crippen LogP contribution >= 0.6 is 11.8 Å². The molecule has 3 aromatic rings. The van der Waals surface area contributed by atoms with Gasteiger partial charge in [0.25, 0.3) is 5.91 Å². The lowest BCUT2D eigenvalue weighted by molar-refractivity contribution is -0.113. The number of anilines is 1. The maximum atomic E-state index is 13.0. The third kappa shape index (κ3) is 5.86. The van der Waals surface area contributed by atoms with Crippen molar-refractivity contribution in [1.82, 2.24) is 15.2 Å². The summed E-state index contributed by atoms with van der Waals surface area (Å²) in [4.78, 5) is 31.8. The molecule has 2 heterocycles. The predicted octanol–water partition coefficient (Wildman–Crippen LogP) is 3.57. The highest BCUT2D eigenvalue weighted by molar-refractivity contribution is 8.00. The molecule has 1 aliphatic rings. The average molecular weight is 479 g/mol. The highest BCUT2D eigenvalue weighted by Crippen LogP contribution is 2.34. The van der Waals surface area contributed by atoms with Crippen molar-refractivity contribution in [2.45, 2.75) is 11.1 Å². The first-order valence-electron chi connectivity index (χ1n) is 10.8. The molecule has 1 aromatic heterocycles. The third-order valence-corrected chi connectivity index (χ3v) is 6.28. The summed E-state index contributed by atoms with van der Waals surface area (Å²) in [6.45, 7) is 0.618. The van der Waals surface area contributed by atoms with Gasteiger partial charge in [0, 0.05) is 24.5 Å². The van der Waals surface area contributed by atoms with Crippen LogP contribution in [0.15, 0.2) is 71.9 Å². The molecule has 8 nitrogen and oxygen atoms in total. The van der Waals surface area contributed by atoms with Gasteiger partial charge >= 0.3 is 0 Å². The molecule has 0 bridgehead atoms. The van der Waals surface area contributed by atoms with Gasteiger partial charge in [0.1, 0.15) is 5.03 Å². The van der Waals surface area contributed by atoms with Crippen molar-refractivity contribution in [1.29, 1.82) is 0 Å². The summed E-state index contributed by atoms with van der Waals surface area (Å²) in [7, 11) is 3.96. The van der Waals surface area contributed by atoms with Crippen molar-refractivity contribution in [3.8, 4) is 11.5 Å². The Kier molecular flexibility index (Phi) is 7.66. The highest BCUT2D eigenvalue weighted by atomic mass is 32.2. The number of rotatable bonds is 9. The van der Waals surface area contributed by atoms with Crippen LogP contribution in [-0.4, -0.2) is 54.9 Å². The van der Waals surface area contributed by atoms with E-state index in [0.29, 0.717) is 34.3 Å². The number of nitrogens with one attached hydrogen (secondary N) is 2. The summed E-state index contributed by atoms with van der Waals surface area (Å²) < 4.78 is 10.6. The molecule has 2 aromatic carbocycles. The second kappa shape index (κ2) is 11.0. The maximum Gasteiger partial charge on any atom is 0.254 e. The van der Waals surface area contributed by atoms with E-state index < -0.39 is 0 Å². The average Bonchev–Trinajstić information content (AvgIpc) is 3.31. The molecule has 0 unspecified atom stereocenters. The zero-order valence-electron chi connectivity index (χ0n) is 19.0. The third-order valence-electron chi connectivity index (χ3n) is 5.28. The van der Waals surface area contributed by atoms with Crippen LogP contribution in [0.25, 0.3) is 0 Å². The fraction of sp³-hybridized carbons (Fsp3) is 0.240. The van der Waals surface area contributed by atoms with Gasteiger partial charge in [-0.15, -0.1) is 0 Å². The summed E-state index contributed by atoms with van der Waals surface area (Å²) in [5.74, 6) is 0.920. The first kappa shape index (κ1) is 23.6. The molecule has 4 rings (SSSR count). The molecule has 0 fully saturated rings. The first-order chi connectivity index (χ1) is 16.5. The Labute approximate surface area is 202 Å². The van der Waals surface area contributed by atoms with Gasteiger partial charge in [-0.05, 0) is 43.9 Å². The van der Waals surface area contributed by atoms with Gasteiger partial charge in [-0.3, -0.25) is 9.59 Å². The minimum atomic E-state index is -0.227. The number of likely N-dealkylation sites (N-methyl/N-ethyl adjacent to an activating group) is 1. The van der Waals surface area contributed by atoms with Crippen LogP contribution < -0.4 is 20.1 Å². The zero-order chi connectivity index (χ0) is 23.9. The Morgan fingerprint density at radius 2 is 1.85 bits per heavy atom. The van der Waals surface area contributed by atoms with Crippen LogP contribution in [0.3, 0.4) is 0 Å². The molecule has 0 spiro atoms. The van der Waals surface area contributed by atoms with E-state index in [-0.39, 0.29) is 30.4 Å².